The molecule has 0 N–H and O–H groups in total. The highest BCUT2D eigenvalue weighted by Crippen LogP contribution is 2.32. The summed E-state index contributed by atoms with van der Waals surface area (Å²) in [6, 6.07) is 7.75. The van der Waals surface area contributed by atoms with Crippen LogP contribution in [0.25, 0.3) is 11.0 Å². The molecule has 158 valence electrons. The standard InChI is InChI=1S/C23H34N4O2/c1-5-26-21-10-7-17(23(28)29-6-2)13-20(21)24-22(26)15-25-12-11-18-8-9-19(14-25)27(18)16(3)4/h7,10,13,16,18-19H,5-6,8-9,11-12,14-15H2,1-4H3/t18-,19+/m1/s1. The van der Waals surface area contributed by atoms with Crippen molar-refractivity contribution in [1.29, 1.82) is 0 Å². The summed E-state index contributed by atoms with van der Waals surface area (Å²) in [5.41, 5.74) is 2.55. The topological polar surface area (TPSA) is 50.6 Å². The molecule has 0 aliphatic carbocycles. The third-order valence-corrected chi connectivity index (χ3v) is 6.54. The maximum Gasteiger partial charge on any atom is 0.338 e. The third kappa shape index (κ3) is 3.92. The molecule has 2 atom stereocenters. The van der Waals surface area contributed by atoms with Gasteiger partial charge < -0.3 is 9.30 Å². The number of imidazole rings is 1. The maximum absolute atomic E-state index is 12.1. The molecular formula is C23H34N4O2. The van der Waals surface area contributed by atoms with Crippen LogP contribution >= 0.6 is 0 Å². The molecular weight excluding hydrogens is 364 g/mol. The van der Waals surface area contributed by atoms with Gasteiger partial charge in [-0.05, 0) is 65.2 Å². The van der Waals surface area contributed by atoms with Crippen molar-refractivity contribution < 1.29 is 9.53 Å². The number of ether oxygens (including phenoxy) is 1. The molecule has 0 amide bonds. The molecule has 0 spiro atoms. The summed E-state index contributed by atoms with van der Waals surface area (Å²) in [4.78, 5) is 22.3. The predicted octanol–water partition coefficient (Wildman–Crippen LogP) is 3.68. The molecule has 2 saturated heterocycles. The molecule has 3 heterocycles. The second-order valence-corrected chi connectivity index (χ2v) is 8.65. The van der Waals surface area contributed by atoms with E-state index in [0.717, 1.165) is 49.1 Å². The van der Waals surface area contributed by atoms with Crippen molar-refractivity contribution in [2.24, 2.45) is 0 Å². The van der Waals surface area contributed by atoms with Crippen molar-refractivity contribution in [3.8, 4) is 0 Å². The lowest BCUT2D eigenvalue weighted by molar-refractivity contribution is 0.0526. The number of rotatable bonds is 6. The van der Waals surface area contributed by atoms with E-state index in [0.29, 0.717) is 24.3 Å². The molecule has 6 heteroatoms. The summed E-state index contributed by atoms with van der Waals surface area (Å²) in [5, 5.41) is 0. The lowest BCUT2D eigenvalue weighted by Crippen LogP contribution is -2.43. The number of nitrogens with zero attached hydrogens (tertiary/aromatic N) is 4. The fourth-order valence-corrected chi connectivity index (χ4v) is 5.36. The average molecular weight is 399 g/mol. The third-order valence-electron chi connectivity index (χ3n) is 6.54. The Bertz CT molecular complexity index is 875. The smallest absolute Gasteiger partial charge is 0.338 e. The van der Waals surface area contributed by atoms with Gasteiger partial charge in [-0.25, -0.2) is 9.78 Å². The summed E-state index contributed by atoms with van der Waals surface area (Å²) < 4.78 is 7.43. The maximum atomic E-state index is 12.1. The van der Waals surface area contributed by atoms with Crippen LogP contribution in [0.4, 0.5) is 0 Å². The first-order chi connectivity index (χ1) is 14.0. The van der Waals surface area contributed by atoms with E-state index in [2.05, 4.69) is 35.1 Å². The van der Waals surface area contributed by atoms with E-state index in [1.54, 1.807) is 0 Å². The zero-order chi connectivity index (χ0) is 20.5. The van der Waals surface area contributed by atoms with Gasteiger partial charge in [0.25, 0.3) is 0 Å². The van der Waals surface area contributed by atoms with Crippen LogP contribution in [0, 0.1) is 0 Å². The van der Waals surface area contributed by atoms with Crippen molar-refractivity contribution in [2.75, 3.05) is 19.7 Å². The van der Waals surface area contributed by atoms with E-state index in [1.807, 2.05) is 25.1 Å². The molecule has 2 aliphatic rings. The quantitative estimate of drug-likeness (QED) is 0.695. The van der Waals surface area contributed by atoms with Crippen LogP contribution in [0.2, 0.25) is 0 Å². The number of hydrogen-bond donors (Lipinski definition) is 0. The predicted molar refractivity (Wildman–Crippen MR) is 115 cm³/mol. The van der Waals surface area contributed by atoms with Gasteiger partial charge in [-0.15, -0.1) is 0 Å². The number of aromatic nitrogens is 2. The van der Waals surface area contributed by atoms with Crippen LogP contribution in [-0.2, 0) is 17.8 Å². The van der Waals surface area contributed by atoms with Crippen LogP contribution in [0.1, 0.15) is 63.1 Å². The van der Waals surface area contributed by atoms with Gasteiger partial charge in [0.05, 0.1) is 29.7 Å². The number of hydrogen-bond acceptors (Lipinski definition) is 5. The first-order valence-corrected chi connectivity index (χ1v) is 11.2. The Balaban J connectivity index is 1.56. The second kappa shape index (κ2) is 8.44. The number of fused-ring (bicyclic) bond motifs is 3. The van der Waals surface area contributed by atoms with Crippen molar-refractivity contribution in [3.63, 3.8) is 0 Å². The van der Waals surface area contributed by atoms with E-state index >= 15 is 0 Å². The number of carbonyl (C=O) groups excluding carboxylic acids is 1. The molecule has 2 fully saturated rings. The fraction of sp³-hybridized carbons (Fsp3) is 0.652. The Hall–Kier alpha value is -1.92. The molecule has 4 rings (SSSR count). The SMILES string of the molecule is CCOC(=O)c1ccc2c(c1)nc(CN1CC[C@H]3CC[C@@H](C1)N3C(C)C)n2CC. The highest BCUT2D eigenvalue weighted by molar-refractivity contribution is 5.93. The molecule has 6 nitrogen and oxygen atoms in total. The number of likely N-dealkylation sites (tertiary alicyclic amines) is 1. The highest BCUT2D eigenvalue weighted by atomic mass is 16.5. The minimum absolute atomic E-state index is 0.278. The summed E-state index contributed by atoms with van der Waals surface area (Å²) in [7, 11) is 0. The van der Waals surface area contributed by atoms with Crippen molar-refractivity contribution in [1.82, 2.24) is 19.4 Å². The Morgan fingerprint density at radius 3 is 2.72 bits per heavy atom. The van der Waals surface area contributed by atoms with Crippen molar-refractivity contribution in [2.45, 2.75) is 78.2 Å². The normalized spacial score (nSPS) is 23.1. The highest BCUT2D eigenvalue weighted by Gasteiger charge is 2.38. The lowest BCUT2D eigenvalue weighted by Gasteiger charge is -2.32. The van der Waals surface area contributed by atoms with Gasteiger partial charge in [0, 0.05) is 37.8 Å². The van der Waals surface area contributed by atoms with Gasteiger partial charge in [0.1, 0.15) is 5.82 Å². The zero-order valence-electron chi connectivity index (χ0n) is 18.2. The number of esters is 1. The Labute approximate surface area is 173 Å². The summed E-state index contributed by atoms with van der Waals surface area (Å²) in [6.45, 7) is 13.0. The fourth-order valence-electron chi connectivity index (χ4n) is 5.36. The summed E-state index contributed by atoms with van der Waals surface area (Å²) >= 11 is 0. The largest absolute Gasteiger partial charge is 0.462 e. The minimum atomic E-state index is -0.278. The molecule has 0 saturated carbocycles. The lowest BCUT2D eigenvalue weighted by atomic mass is 10.1. The second-order valence-electron chi connectivity index (χ2n) is 8.65. The van der Waals surface area contributed by atoms with Gasteiger partial charge in [-0.3, -0.25) is 9.80 Å². The van der Waals surface area contributed by atoms with Crippen LogP contribution < -0.4 is 0 Å². The Morgan fingerprint density at radius 2 is 2.00 bits per heavy atom. The molecule has 0 radical (unpaired) electrons. The molecule has 2 aromatic rings. The van der Waals surface area contributed by atoms with Crippen LogP contribution in [0.5, 0.6) is 0 Å². The van der Waals surface area contributed by atoms with E-state index in [-0.39, 0.29) is 5.97 Å². The minimum Gasteiger partial charge on any atom is -0.462 e. The molecule has 2 aliphatic heterocycles. The number of benzene rings is 1. The van der Waals surface area contributed by atoms with Gasteiger partial charge in [-0.1, -0.05) is 0 Å². The summed E-state index contributed by atoms with van der Waals surface area (Å²) in [5.74, 6) is 0.816. The van der Waals surface area contributed by atoms with Crippen LogP contribution in [0.3, 0.4) is 0 Å². The summed E-state index contributed by atoms with van der Waals surface area (Å²) in [6.07, 6.45) is 3.90. The molecule has 0 unspecified atom stereocenters. The van der Waals surface area contributed by atoms with E-state index in [4.69, 9.17) is 9.72 Å². The van der Waals surface area contributed by atoms with Crippen LogP contribution in [0.15, 0.2) is 18.2 Å². The van der Waals surface area contributed by atoms with Gasteiger partial charge in [-0.2, -0.15) is 0 Å². The molecule has 29 heavy (non-hydrogen) atoms. The van der Waals surface area contributed by atoms with Crippen molar-refractivity contribution >= 4 is 17.0 Å². The van der Waals surface area contributed by atoms with Crippen molar-refractivity contribution in [3.05, 3.63) is 29.6 Å². The first kappa shape index (κ1) is 20.4. The zero-order valence-corrected chi connectivity index (χ0v) is 18.2. The van der Waals surface area contributed by atoms with E-state index < -0.39 is 0 Å². The van der Waals surface area contributed by atoms with E-state index in [9.17, 15) is 4.79 Å². The van der Waals surface area contributed by atoms with Gasteiger partial charge >= 0.3 is 5.97 Å². The molecule has 1 aromatic heterocycles. The number of carbonyl (C=O) groups is 1. The number of aryl methyl sites for hydroxylation is 1. The van der Waals surface area contributed by atoms with Gasteiger partial charge in [0.2, 0.25) is 0 Å². The van der Waals surface area contributed by atoms with Gasteiger partial charge in [0.15, 0.2) is 0 Å². The average Bonchev–Trinajstić information content (AvgIpc) is 3.19. The van der Waals surface area contributed by atoms with Crippen LogP contribution in [-0.4, -0.2) is 63.1 Å². The monoisotopic (exact) mass is 398 g/mol. The first-order valence-electron chi connectivity index (χ1n) is 11.2. The Kier molecular flexibility index (Phi) is 5.93. The van der Waals surface area contributed by atoms with E-state index in [1.165, 1.54) is 19.3 Å². The molecule has 2 bridgehead atoms. The molecule has 1 aromatic carbocycles. The Morgan fingerprint density at radius 1 is 1.21 bits per heavy atom.